The van der Waals surface area contributed by atoms with Gasteiger partial charge in [0.1, 0.15) is 0 Å². The highest BCUT2D eigenvalue weighted by molar-refractivity contribution is 8.13. The van der Waals surface area contributed by atoms with Crippen LogP contribution in [0.1, 0.15) is 10.4 Å². The number of carboxylic acids is 1. The summed E-state index contributed by atoms with van der Waals surface area (Å²) < 4.78 is 21.7. The summed E-state index contributed by atoms with van der Waals surface area (Å²) in [5.74, 6) is -1.30. The molecular formula is C7H6ClNO4S. The van der Waals surface area contributed by atoms with Crippen molar-refractivity contribution in [2.24, 2.45) is 0 Å². The first-order valence-electron chi connectivity index (χ1n) is 3.40. The first-order chi connectivity index (χ1) is 6.32. The lowest BCUT2D eigenvalue weighted by Gasteiger charge is -2.01. The first-order valence-corrected chi connectivity index (χ1v) is 5.71. The number of aromatic carboxylic acids is 1. The third-order valence-corrected chi connectivity index (χ3v) is 2.89. The summed E-state index contributed by atoms with van der Waals surface area (Å²) in [5, 5.41) is 8.64. The number of benzene rings is 1. The van der Waals surface area contributed by atoms with Gasteiger partial charge in [0, 0.05) is 16.4 Å². The van der Waals surface area contributed by atoms with Gasteiger partial charge < -0.3 is 10.8 Å². The van der Waals surface area contributed by atoms with Crippen LogP contribution in [0.4, 0.5) is 5.69 Å². The highest BCUT2D eigenvalue weighted by Gasteiger charge is 2.15. The number of carboxylic acid groups (broad SMARTS) is 1. The summed E-state index contributed by atoms with van der Waals surface area (Å²) >= 11 is 0. The van der Waals surface area contributed by atoms with Crippen molar-refractivity contribution in [3.8, 4) is 0 Å². The fourth-order valence-corrected chi connectivity index (χ4v) is 1.65. The Morgan fingerprint density at radius 1 is 1.43 bits per heavy atom. The lowest BCUT2D eigenvalue weighted by Crippen LogP contribution is -2.04. The smallest absolute Gasteiger partial charge is 0.337 e. The molecular weight excluding hydrogens is 230 g/mol. The Kier molecular flexibility index (Phi) is 2.68. The minimum atomic E-state index is -3.92. The van der Waals surface area contributed by atoms with Gasteiger partial charge in [-0.1, -0.05) is 0 Å². The van der Waals surface area contributed by atoms with E-state index >= 15 is 0 Å². The van der Waals surface area contributed by atoms with E-state index in [1.807, 2.05) is 0 Å². The molecule has 0 spiro atoms. The van der Waals surface area contributed by atoms with Gasteiger partial charge in [-0.3, -0.25) is 0 Å². The van der Waals surface area contributed by atoms with Gasteiger partial charge in [0.05, 0.1) is 10.5 Å². The SMILES string of the molecule is Nc1ccc(S(=O)(=O)Cl)cc1C(=O)O. The number of hydrogen-bond donors (Lipinski definition) is 2. The molecule has 0 aliphatic heterocycles. The largest absolute Gasteiger partial charge is 0.478 e. The molecule has 0 atom stereocenters. The maximum atomic E-state index is 10.9. The number of nitrogen functional groups attached to an aromatic ring is 1. The predicted octanol–water partition coefficient (Wildman–Crippen LogP) is 0.895. The highest BCUT2D eigenvalue weighted by Crippen LogP contribution is 2.20. The summed E-state index contributed by atoms with van der Waals surface area (Å²) in [6.45, 7) is 0. The summed E-state index contributed by atoms with van der Waals surface area (Å²) in [7, 11) is 1.10. The maximum Gasteiger partial charge on any atom is 0.337 e. The Bertz CT molecular complexity index is 482. The molecule has 5 nitrogen and oxygen atoms in total. The van der Waals surface area contributed by atoms with Gasteiger partial charge in [-0.15, -0.1) is 0 Å². The molecule has 76 valence electrons. The quantitative estimate of drug-likeness (QED) is 0.586. The van der Waals surface area contributed by atoms with Gasteiger partial charge in [0.25, 0.3) is 9.05 Å². The van der Waals surface area contributed by atoms with Crippen molar-refractivity contribution in [3.63, 3.8) is 0 Å². The summed E-state index contributed by atoms with van der Waals surface area (Å²) in [6.07, 6.45) is 0. The average Bonchev–Trinajstić information content (AvgIpc) is 2.02. The third-order valence-electron chi connectivity index (χ3n) is 1.54. The van der Waals surface area contributed by atoms with Crippen LogP contribution in [0, 0.1) is 0 Å². The molecule has 0 aliphatic rings. The Morgan fingerprint density at radius 2 is 2.00 bits per heavy atom. The molecule has 0 aromatic heterocycles. The summed E-state index contributed by atoms with van der Waals surface area (Å²) in [4.78, 5) is 10.3. The molecule has 0 saturated carbocycles. The van der Waals surface area contributed by atoms with Crippen molar-refractivity contribution in [3.05, 3.63) is 23.8 Å². The van der Waals surface area contributed by atoms with Crippen molar-refractivity contribution in [2.75, 3.05) is 5.73 Å². The highest BCUT2D eigenvalue weighted by atomic mass is 35.7. The molecule has 0 radical (unpaired) electrons. The molecule has 0 fully saturated rings. The van der Waals surface area contributed by atoms with E-state index < -0.39 is 15.0 Å². The predicted molar refractivity (Wildman–Crippen MR) is 50.9 cm³/mol. The van der Waals surface area contributed by atoms with Crippen molar-refractivity contribution < 1.29 is 18.3 Å². The number of nitrogens with two attached hydrogens (primary N) is 1. The minimum Gasteiger partial charge on any atom is -0.478 e. The molecule has 0 heterocycles. The molecule has 3 N–H and O–H groups in total. The van der Waals surface area contributed by atoms with E-state index in [4.69, 9.17) is 21.5 Å². The molecule has 7 heteroatoms. The molecule has 0 amide bonds. The van der Waals surface area contributed by atoms with Crippen molar-refractivity contribution >= 4 is 31.4 Å². The van der Waals surface area contributed by atoms with E-state index in [0.29, 0.717) is 0 Å². The molecule has 0 aliphatic carbocycles. The van der Waals surface area contributed by atoms with E-state index in [9.17, 15) is 13.2 Å². The second-order valence-electron chi connectivity index (χ2n) is 2.49. The number of anilines is 1. The number of carbonyl (C=O) groups is 1. The van der Waals surface area contributed by atoms with Crippen LogP contribution in [-0.2, 0) is 9.05 Å². The fourth-order valence-electron chi connectivity index (χ4n) is 0.872. The number of halogens is 1. The molecule has 0 unspecified atom stereocenters. The van der Waals surface area contributed by atoms with Gasteiger partial charge >= 0.3 is 5.97 Å². The second kappa shape index (κ2) is 3.47. The van der Waals surface area contributed by atoms with Gasteiger partial charge in [0.2, 0.25) is 0 Å². The lowest BCUT2D eigenvalue weighted by molar-refractivity contribution is 0.0698. The zero-order chi connectivity index (χ0) is 10.9. The van der Waals surface area contributed by atoms with Gasteiger partial charge in [-0.2, -0.15) is 0 Å². The maximum absolute atomic E-state index is 10.9. The minimum absolute atomic E-state index is 0.0124. The molecule has 1 aromatic carbocycles. The van der Waals surface area contributed by atoms with Gasteiger partial charge in [-0.05, 0) is 18.2 Å². The molecule has 14 heavy (non-hydrogen) atoms. The Balaban J connectivity index is 3.42. The van der Waals surface area contributed by atoms with Gasteiger partial charge in [-0.25, -0.2) is 13.2 Å². The van der Waals surface area contributed by atoms with E-state index in [2.05, 4.69) is 0 Å². The first kappa shape index (κ1) is 10.8. The number of hydrogen-bond acceptors (Lipinski definition) is 4. The van der Waals surface area contributed by atoms with Crippen molar-refractivity contribution in [1.29, 1.82) is 0 Å². The molecule has 1 aromatic rings. The zero-order valence-electron chi connectivity index (χ0n) is 6.77. The van der Waals surface area contributed by atoms with Gasteiger partial charge in [0.15, 0.2) is 0 Å². The molecule has 1 rings (SSSR count). The van der Waals surface area contributed by atoms with Crippen LogP contribution in [0.15, 0.2) is 23.1 Å². The van der Waals surface area contributed by atoms with Crippen LogP contribution >= 0.6 is 10.7 Å². The van der Waals surface area contributed by atoms with Crippen LogP contribution in [0.2, 0.25) is 0 Å². The van der Waals surface area contributed by atoms with Crippen molar-refractivity contribution in [1.82, 2.24) is 0 Å². The average molecular weight is 236 g/mol. The normalized spacial score (nSPS) is 11.2. The van der Waals surface area contributed by atoms with Crippen LogP contribution in [0.3, 0.4) is 0 Å². The van der Waals surface area contributed by atoms with E-state index in [1.54, 1.807) is 0 Å². The van der Waals surface area contributed by atoms with E-state index in [1.165, 1.54) is 6.07 Å². The summed E-state index contributed by atoms with van der Waals surface area (Å²) in [5.41, 5.74) is 5.02. The third kappa shape index (κ3) is 2.15. The van der Waals surface area contributed by atoms with E-state index in [-0.39, 0.29) is 16.1 Å². The number of rotatable bonds is 2. The Hall–Kier alpha value is -1.27. The Morgan fingerprint density at radius 3 is 2.43 bits per heavy atom. The fraction of sp³-hybridized carbons (Fsp3) is 0. The van der Waals surface area contributed by atoms with Crippen LogP contribution in [0.25, 0.3) is 0 Å². The van der Waals surface area contributed by atoms with Crippen molar-refractivity contribution in [2.45, 2.75) is 4.90 Å². The lowest BCUT2D eigenvalue weighted by atomic mass is 10.2. The monoisotopic (exact) mass is 235 g/mol. The molecule has 0 saturated heterocycles. The van der Waals surface area contributed by atoms with E-state index in [0.717, 1.165) is 12.1 Å². The molecule has 0 bridgehead atoms. The second-order valence-corrected chi connectivity index (χ2v) is 5.06. The van der Waals surface area contributed by atoms with Crippen LogP contribution < -0.4 is 5.73 Å². The van der Waals surface area contributed by atoms with Crippen LogP contribution in [0.5, 0.6) is 0 Å². The van der Waals surface area contributed by atoms with Crippen LogP contribution in [-0.4, -0.2) is 19.5 Å². The zero-order valence-corrected chi connectivity index (χ0v) is 8.34. The standard InChI is InChI=1S/C7H6ClNO4S/c8-14(12,13)4-1-2-6(9)5(3-4)7(10)11/h1-3H,9H2,(H,10,11). The Labute approximate surface area is 84.5 Å². The summed E-state index contributed by atoms with van der Waals surface area (Å²) in [6, 6.07) is 3.24. The topological polar surface area (TPSA) is 97.5 Å².